The van der Waals surface area contributed by atoms with Crippen LogP contribution in [-0.4, -0.2) is 0 Å². The highest BCUT2D eigenvalue weighted by atomic mass is 14.5. The second-order valence-corrected chi connectivity index (χ2v) is 6.10. The predicted molar refractivity (Wildman–Crippen MR) is 68.8 cm³/mol. The van der Waals surface area contributed by atoms with Crippen LogP contribution in [0.15, 0.2) is 38.0 Å². The Balaban J connectivity index is 3.07. The third-order valence-corrected chi connectivity index (χ3v) is 3.90. The maximum Gasteiger partial charge on any atom is -0.0133 e. The lowest BCUT2D eigenvalue weighted by molar-refractivity contribution is 0.0742. The highest BCUT2D eigenvalue weighted by Crippen LogP contribution is 2.55. The summed E-state index contributed by atoms with van der Waals surface area (Å²) >= 11 is 0. The Bertz CT molecular complexity index is 229. The molecule has 15 heavy (non-hydrogen) atoms. The van der Waals surface area contributed by atoms with Gasteiger partial charge in [0.25, 0.3) is 0 Å². The molecule has 1 aliphatic carbocycles. The van der Waals surface area contributed by atoms with E-state index >= 15 is 0 Å². The highest BCUT2D eigenvalue weighted by Gasteiger charge is 2.44. The van der Waals surface area contributed by atoms with E-state index in [2.05, 4.69) is 58.7 Å². The van der Waals surface area contributed by atoms with E-state index in [4.69, 9.17) is 0 Å². The van der Waals surface area contributed by atoms with Gasteiger partial charge in [0.2, 0.25) is 0 Å². The van der Waals surface area contributed by atoms with Crippen LogP contribution in [0.2, 0.25) is 0 Å². The van der Waals surface area contributed by atoms with Crippen LogP contribution < -0.4 is 0 Å². The summed E-state index contributed by atoms with van der Waals surface area (Å²) in [5.41, 5.74) is 0.637. The molecule has 0 heterocycles. The largest absolute Gasteiger partial charge is 0.103 e. The Hall–Kier alpha value is -0.780. The molecule has 0 radical (unpaired) electrons. The van der Waals surface area contributed by atoms with Crippen LogP contribution in [0.3, 0.4) is 0 Å². The molecule has 0 aromatic heterocycles. The first-order valence-corrected chi connectivity index (χ1v) is 5.71. The first-order valence-electron chi connectivity index (χ1n) is 5.71. The molecule has 1 rings (SSSR count). The minimum atomic E-state index is 0.212. The molecule has 0 spiro atoms. The minimum Gasteiger partial charge on any atom is -0.103 e. The van der Waals surface area contributed by atoms with Crippen LogP contribution in [0.5, 0.6) is 0 Å². The second-order valence-electron chi connectivity index (χ2n) is 6.10. The van der Waals surface area contributed by atoms with E-state index < -0.39 is 0 Å². The molecule has 1 aliphatic rings. The summed E-state index contributed by atoms with van der Waals surface area (Å²) in [5, 5.41) is 0. The van der Waals surface area contributed by atoms with Crippen molar-refractivity contribution >= 4 is 0 Å². The van der Waals surface area contributed by atoms with Crippen molar-refractivity contribution in [3.63, 3.8) is 0 Å². The van der Waals surface area contributed by atoms with Crippen molar-refractivity contribution in [3.8, 4) is 0 Å². The number of rotatable bonds is 3. The summed E-state index contributed by atoms with van der Waals surface area (Å²) in [7, 11) is 0. The van der Waals surface area contributed by atoms with Gasteiger partial charge in [-0.25, -0.2) is 0 Å². The van der Waals surface area contributed by atoms with E-state index in [0.29, 0.717) is 0 Å². The van der Waals surface area contributed by atoms with Gasteiger partial charge in [-0.15, -0.1) is 19.7 Å². The summed E-state index contributed by atoms with van der Waals surface area (Å²) < 4.78 is 0. The Morgan fingerprint density at radius 1 is 0.667 bits per heavy atom. The topological polar surface area (TPSA) is 0 Å². The molecule has 0 bridgehead atoms. The van der Waals surface area contributed by atoms with Crippen LogP contribution in [0, 0.1) is 16.2 Å². The average molecular weight is 204 g/mol. The van der Waals surface area contributed by atoms with Gasteiger partial charge < -0.3 is 0 Å². The molecule has 1 fully saturated rings. The lowest BCUT2D eigenvalue weighted by atomic mass is 9.55. The molecular weight excluding hydrogens is 180 g/mol. The minimum absolute atomic E-state index is 0.212. The molecular formula is C15H24. The van der Waals surface area contributed by atoms with Crippen molar-refractivity contribution in [3.05, 3.63) is 38.0 Å². The molecule has 84 valence electrons. The zero-order valence-electron chi connectivity index (χ0n) is 10.5. The first-order chi connectivity index (χ1) is 6.80. The van der Waals surface area contributed by atoms with Crippen LogP contribution in [0.25, 0.3) is 0 Å². The summed E-state index contributed by atoms with van der Waals surface area (Å²) in [6, 6.07) is 0. The van der Waals surface area contributed by atoms with Crippen molar-refractivity contribution in [2.45, 2.75) is 40.0 Å². The maximum atomic E-state index is 3.99. The fraction of sp³-hybridized carbons (Fsp3) is 0.600. The number of allylic oxidation sites excluding steroid dienone is 3. The van der Waals surface area contributed by atoms with Gasteiger partial charge in [0.1, 0.15) is 0 Å². The summed E-state index contributed by atoms with van der Waals surface area (Å²) in [5.74, 6) is 0. The molecule has 0 aromatic rings. The molecule has 0 amide bonds. The molecule has 0 N–H and O–H groups in total. The summed E-state index contributed by atoms with van der Waals surface area (Å²) in [6.07, 6.45) is 9.77. The average Bonchev–Trinajstić information content (AvgIpc) is 2.16. The van der Waals surface area contributed by atoms with E-state index in [9.17, 15) is 0 Å². The summed E-state index contributed by atoms with van der Waals surface area (Å²) in [6.45, 7) is 18.8. The Labute approximate surface area is 94.8 Å². The third kappa shape index (κ3) is 2.42. The highest BCUT2D eigenvalue weighted by molar-refractivity contribution is 5.13. The van der Waals surface area contributed by atoms with Gasteiger partial charge in [-0.1, -0.05) is 39.0 Å². The van der Waals surface area contributed by atoms with Crippen molar-refractivity contribution in [1.82, 2.24) is 0 Å². The predicted octanol–water partition coefficient (Wildman–Crippen LogP) is 4.75. The van der Waals surface area contributed by atoms with Crippen LogP contribution >= 0.6 is 0 Å². The van der Waals surface area contributed by atoms with Crippen LogP contribution in [0.4, 0.5) is 0 Å². The van der Waals surface area contributed by atoms with E-state index in [1.54, 1.807) is 0 Å². The molecule has 0 aromatic carbocycles. The zero-order chi connectivity index (χ0) is 11.7. The maximum absolute atomic E-state index is 3.99. The van der Waals surface area contributed by atoms with Gasteiger partial charge in [0, 0.05) is 0 Å². The van der Waals surface area contributed by atoms with E-state index in [0.717, 1.165) is 19.3 Å². The standard InChI is InChI=1S/C15H24/c1-7-13(4)10-14(5,8-2)12-15(6,9-3)11-13/h7-9H,1-3,10-12H2,4-6H3. The quantitative estimate of drug-likeness (QED) is 0.582. The Morgan fingerprint density at radius 3 is 1.00 bits per heavy atom. The van der Waals surface area contributed by atoms with Gasteiger partial charge in [-0.05, 0) is 35.5 Å². The zero-order valence-corrected chi connectivity index (χ0v) is 10.5. The van der Waals surface area contributed by atoms with Crippen molar-refractivity contribution in [2.24, 2.45) is 16.2 Å². The monoisotopic (exact) mass is 204 g/mol. The Kier molecular flexibility index (Phi) is 3.00. The van der Waals surface area contributed by atoms with Gasteiger partial charge in [0.05, 0.1) is 0 Å². The van der Waals surface area contributed by atoms with Gasteiger partial charge >= 0.3 is 0 Å². The Morgan fingerprint density at radius 2 is 0.867 bits per heavy atom. The fourth-order valence-electron chi connectivity index (χ4n) is 3.39. The SMILES string of the molecule is C=CC1(C)CC(C)(C=C)CC(C)(C=C)C1. The van der Waals surface area contributed by atoms with E-state index in [1.807, 2.05) is 0 Å². The van der Waals surface area contributed by atoms with Crippen molar-refractivity contribution < 1.29 is 0 Å². The van der Waals surface area contributed by atoms with Crippen LogP contribution in [-0.2, 0) is 0 Å². The van der Waals surface area contributed by atoms with Crippen LogP contribution in [0.1, 0.15) is 40.0 Å². The molecule has 1 saturated carbocycles. The lowest BCUT2D eigenvalue weighted by Gasteiger charge is -2.50. The van der Waals surface area contributed by atoms with Crippen molar-refractivity contribution in [2.75, 3.05) is 0 Å². The number of hydrogen-bond acceptors (Lipinski definition) is 0. The second kappa shape index (κ2) is 3.66. The van der Waals surface area contributed by atoms with E-state index in [1.165, 1.54) is 0 Å². The third-order valence-electron chi connectivity index (χ3n) is 3.90. The first kappa shape index (κ1) is 12.3. The molecule has 0 atom stereocenters. The molecule has 0 aliphatic heterocycles. The van der Waals surface area contributed by atoms with Crippen molar-refractivity contribution in [1.29, 1.82) is 0 Å². The van der Waals surface area contributed by atoms with Gasteiger partial charge in [-0.3, -0.25) is 0 Å². The smallest absolute Gasteiger partial charge is 0.0133 e. The van der Waals surface area contributed by atoms with Gasteiger partial charge in [0.15, 0.2) is 0 Å². The van der Waals surface area contributed by atoms with E-state index in [-0.39, 0.29) is 16.2 Å². The fourth-order valence-corrected chi connectivity index (χ4v) is 3.39. The molecule has 0 nitrogen and oxygen atoms in total. The number of hydrogen-bond donors (Lipinski definition) is 0. The molecule has 0 heteroatoms. The normalized spacial score (nSPS) is 45.8. The summed E-state index contributed by atoms with van der Waals surface area (Å²) in [4.78, 5) is 0. The lowest BCUT2D eigenvalue weighted by Crippen LogP contribution is -2.39. The molecule has 0 unspecified atom stereocenters. The molecule has 0 saturated heterocycles. The van der Waals surface area contributed by atoms with Gasteiger partial charge in [-0.2, -0.15) is 0 Å².